The fourth-order valence-electron chi connectivity index (χ4n) is 3.47. The smallest absolute Gasteiger partial charge is 0.140 e. The molecule has 5 aromatic rings. The maximum absolute atomic E-state index is 5.91. The number of benzene rings is 2. The number of furan rings is 1. The number of hydrogen-bond acceptors (Lipinski definition) is 3. The molecule has 0 radical (unpaired) electrons. The second kappa shape index (κ2) is 4.68. The second-order valence-electron chi connectivity index (χ2n) is 6.07. The first-order valence-corrected chi connectivity index (χ1v) is 7.92. The normalized spacial score (nSPS) is 11.8. The molecule has 0 atom stereocenters. The lowest BCUT2D eigenvalue weighted by atomic mass is 10.1. The predicted octanol–water partition coefficient (Wildman–Crippen LogP) is 4.84. The first kappa shape index (κ1) is 13.3. The van der Waals surface area contributed by atoms with Gasteiger partial charge in [-0.15, -0.1) is 0 Å². The fraction of sp³-hybridized carbons (Fsp3) is 0.100. The number of pyridine rings is 1. The predicted molar refractivity (Wildman–Crippen MR) is 96.0 cm³/mol. The summed E-state index contributed by atoms with van der Waals surface area (Å²) < 4.78 is 8.03. The third-order valence-corrected chi connectivity index (χ3v) is 4.60. The van der Waals surface area contributed by atoms with Crippen molar-refractivity contribution >= 4 is 33.0 Å². The summed E-state index contributed by atoms with van der Waals surface area (Å²) in [5.41, 5.74) is 5.92. The van der Waals surface area contributed by atoms with Crippen molar-refractivity contribution in [1.29, 1.82) is 0 Å². The highest BCUT2D eigenvalue weighted by Crippen LogP contribution is 2.33. The lowest BCUT2D eigenvalue weighted by Gasteiger charge is -2.03. The topological polar surface area (TPSA) is 43.9 Å². The molecule has 116 valence electrons. The van der Waals surface area contributed by atoms with Gasteiger partial charge in [-0.1, -0.05) is 18.2 Å². The number of para-hydroxylation sites is 1. The SMILES string of the molecule is Cc1nccc2nc(-c3ccc4oc5ccccc5c4c3)n(C)c12. The van der Waals surface area contributed by atoms with Crippen LogP contribution in [0.25, 0.3) is 44.4 Å². The van der Waals surface area contributed by atoms with Crippen LogP contribution >= 0.6 is 0 Å². The summed E-state index contributed by atoms with van der Waals surface area (Å²) in [5, 5.41) is 2.25. The van der Waals surface area contributed by atoms with Crippen molar-refractivity contribution in [3.8, 4) is 11.4 Å². The molecule has 4 nitrogen and oxygen atoms in total. The quantitative estimate of drug-likeness (QED) is 0.444. The van der Waals surface area contributed by atoms with Crippen LogP contribution in [-0.4, -0.2) is 14.5 Å². The minimum Gasteiger partial charge on any atom is -0.456 e. The summed E-state index contributed by atoms with van der Waals surface area (Å²) in [6.07, 6.45) is 1.81. The average molecular weight is 313 g/mol. The monoisotopic (exact) mass is 313 g/mol. The molecular formula is C20H15N3O. The molecule has 0 unspecified atom stereocenters. The van der Waals surface area contributed by atoms with E-state index in [0.717, 1.165) is 50.1 Å². The van der Waals surface area contributed by atoms with Crippen molar-refractivity contribution in [2.75, 3.05) is 0 Å². The van der Waals surface area contributed by atoms with E-state index in [1.54, 1.807) is 6.20 Å². The maximum Gasteiger partial charge on any atom is 0.140 e. The summed E-state index contributed by atoms with van der Waals surface area (Å²) in [4.78, 5) is 9.19. The molecule has 4 heteroatoms. The van der Waals surface area contributed by atoms with Crippen LogP contribution in [0.2, 0.25) is 0 Å². The van der Waals surface area contributed by atoms with Crippen LogP contribution in [0.4, 0.5) is 0 Å². The van der Waals surface area contributed by atoms with Gasteiger partial charge < -0.3 is 8.98 Å². The summed E-state index contributed by atoms with van der Waals surface area (Å²) in [7, 11) is 2.04. The van der Waals surface area contributed by atoms with E-state index >= 15 is 0 Å². The van der Waals surface area contributed by atoms with Gasteiger partial charge in [0.1, 0.15) is 17.0 Å². The van der Waals surface area contributed by atoms with Gasteiger partial charge in [-0.3, -0.25) is 4.98 Å². The van der Waals surface area contributed by atoms with Crippen molar-refractivity contribution in [1.82, 2.24) is 14.5 Å². The van der Waals surface area contributed by atoms with Gasteiger partial charge >= 0.3 is 0 Å². The number of fused-ring (bicyclic) bond motifs is 4. The summed E-state index contributed by atoms with van der Waals surface area (Å²) >= 11 is 0. The summed E-state index contributed by atoms with van der Waals surface area (Å²) in [6.45, 7) is 2.01. The highest BCUT2D eigenvalue weighted by atomic mass is 16.3. The van der Waals surface area contributed by atoms with Crippen LogP contribution in [0.1, 0.15) is 5.69 Å². The molecule has 0 aliphatic rings. The van der Waals surface area contributed by atoms with E-state index < -0.39 is 0 Å². The Hall–Kier alpha value is -3.14. The second-order valence-corrected chi connectivity index (χ2v) is 6.07. The van der Waals surface area contributed by atoms with Gasteiger partial charge in [0.15, 0.2) is 0 Å². The Morgan fingerprint density at radius 3 is 2.67 bits per heavy atom. The molecule has 2 aromatic carbocycles. The third-order valence-electron chi connectivity index (χ3n) is 4.60. The zero-order valence-electron chi connectivity index (χ0n) is 13.4. The standard InChI is InChI=1S/C20H15N3O/c1-12-19-16(9-10-21-12)22-20(23(19)2)13-7-8-18-15(11-13)14-5-3-4-6-17(14)24-18/h3-11H,1-2H3. The lowest BCUT2D eigenvalue weighted by molar-refractivity contribution is 0.669. The molecule has 3 aromatic heterocycles. The summed E-state index contributed by atoms with van der Waals surface area (Å²) in [6, 6.07) is 16.3. The van der Waals surface area contributed by atoms with Gasteiger partial charge in [-0.25, -0.2) is 4.98 Å². The molecule has 0 fully saturated rings. The van der Waals surface area contributed by atoms with Gasteiger partial charge in [0.2, 0.25) is 0 Å². The zero-order valence-corrected chi connectivity index (χ0v) is 13.4. The minimum atomic E-state index is 0.900. The first-order chi connectivity index (χ1) is 11.7. The lowest BCUT2D eigenvalue weighted by Crippen LogP contribution is -1.94. The highest BCUT2D eigenvalue weighted by Gasteiger charge is 2.14. The van der Waals surface area contributed by atoms with E-state index in [9.17, 15) is 0 Å². The fourth-order valence-corrected chi connectivity index (χ4v) is 3.47. The molecule has 0 aliphatic carbocycles. The molecule has 3 heterocycles. The van der Waals surface area contributed by atoms with E-state index in [4.69, 9.17) is 9.40 Å². The van der Waals surface area contributed by atoms with Crippen LogP contribution in [0.5, 0.6) is 0 Å². The van der Waals surface area contributed by atoms with Gasteiger partial charge in [0.25, 0.3) is 0 Å². The van der Waals surface area contributed by atoms with E-state index in [0.29, 0.717) is 0 Å². The van der Waals surface area contributed by atoms with Crippen LogP contribution in [0.15, 0.2) is 59.1 Å². The van der Waals surface area contributed by atoms with Gasteiger partial charge in [0, 0.05) is 29.6 Å². The maximum atomic E-state index is 5.91. The Balaban J connectivity index is 1.82. The van der Waals surface area contributed by atoms with E-state index in [-0.39, 0.29) is 0 Å². The van der Waals surface area contributed by atoms with Crippen molar-refractivity contribution < 1.29 is 4.42 Å². The molecule has 5 rings (SSSR count). The largest absolute Gasteiger partial charge is 0.456 e. The number of aromatic nitrogens is 3. The molecule has 0 aliphatic heterocycles. The van der Waals surface area contributed by atoms with Crippen LogP contribution in [-0.2, 0) is 7.05 Å². The van der Waals surface area contributed by atoms with E-state index in [2.05, 4.69) is 27.8 Å². The molecule has 0 saturated heterocycles. The molecule has 0 saturated carbocycles. The van der Waals surface area contributed by atoms with Gasteiger partial charge in [-0.05, 0) is 37.3 Å². The number of hydrogen-bond donors (Lipinski definition) is 0. The van der Waals surface area contributed by atoms with Gasteiger partial charge in [0.05, 0.1) is 16.7 Å². The number of imidazole rings is 1. The van der Waals surface area contributed by atoms with Crippen LogP contribution in [0.3, 0.4) is 0 Å². The van der Waals surface area contributed by atoms with Crippen LogP contribution in [0, 0.1) is 6.92 Å². The Morgan fingerprint density at radius 1 is 0.958 bits per heavy atom. The van der Waals surface area contributed by atoms with Crippen molar-refractivity contribution in [3.05, 3.63) is 60.4 Å². The number of rotatable bonds is 1. The van der Waals surface area contributed by atoms with Gasteiger partial charge in [-0.2, -0.15) is 0 Å². The minimum absolute atomic E-state index is 0.900. The zero-order chi connectivity index (χ0) is 16.3. The first-order valence-electron chi connectivity index (χ1n) is 7.92. The molecule has 0 spiro atoms. The third kappa shape index (κ3) is 1.74. The van der Waals surface area contributed by atoms with Crippen molar-refractivity contribution in [2.45, 2.75) is 6.92 Å². The van der Waals surface area contributed by atoms with E-state index in [1.165, 1.54) is 0 Å². The molecule has 0 amide bonds. The van der Waals surface area contributed by atoms with Crippen molar-refractivity contribution in [3.63, 3.8) is 0 Å². The van der Waals surface area contributed by atoms with E-state index in [1.807, 2.05) is 44.3 Å². The molecule has 24 heavy (non-hydrogen) atoms. The Kier molecular flexibility index (Phi) is 2.59. The van der Waals surface area contributed by atoms with Crippen molar-refractivity contribution in [2.24, 2.45) is 7.05 Å². The summed E-state index contributed by atoms with van der Waals surface area (Å²) in [5.74, 6) is 0.938. The number of aryl methyl sites for hydroxylation is 2. The Labute approximate surface area is 138 Å². The average Bonchev–Trinajstić information content (AvgIpc) is 3.13. The Morgan fingerprint density at radius 2 is 1.79 bits per heavy atom. The number of nitrogens with zero attached hydrogens (tertiary/aromatic N) is 3. The molecule has 0 N–H and O–H groups in total. The molecule has 0 bridgehead atoms. The molecular weight excluding hydrogens is 298 g/mol. The van der Waals surface area contributed by atoms with Crippen LogP contribution < -0.4 is 0 Å². The Bertz CT molecular complexity index is 1230. The highest BCUT2D eigenvalue weighted by molar-refractivity contribution is 6.06.